The fourth-order valence-electron chi connectivity index (χ4n) is 3.00. The van der Waals surface area contributed by atoms with Crippen LogP contribution in [0.1, 0.15) is 22.8 Å². The minimum absolute atomic E-state index is 0.143. The molecule has 0 radical (unpaired) electrons. The van der Waals surface area contributed by atoms with Crippen LogP contribution in [0.5, 0.6) is 0 Å². The van der Waals surface area contributed by atoms with Crippen molar-refractivity contribution in [3.63, 3.8) is 0 Å². The van der Waals surface area contributed by atoms with Crippen molar-refractivity contribution < 1.29 is 13.6 Å². The number of halogens is 2. The molecule has 1 aliphatic heterocycles. The van der Waals surface area contributed by atoms with E-state index in [4.69, 9.17) is 0 Å². The van der Waals surface area contributed by atoms with Crippen molar-refractivity contribution in [2.75, 3.05) is 31.1 Å². The number of hydrogen-bond acceptors (Lipinski definition) is 3. The molecule has 2 aromatic carbocycles. The lowest BCUT2D eigenvalue weighted by molar-refractivity contribution is 0.101. The van der Waals surface area contributed by atoms with Crippen molar-refractivity contribution in [3.8, 4) is 0 Å². The number of ketones is 1. The van der Waals surface area contributed by atoms with Gasteiger partial charge >= 0.3 is 0 Å². The minimum Gasteiger partial charge on any atom is -0.367 e. The lowest BCUT2D eigenvalue weighted by Crippen LogP contribution is -2.46. The Morgan fingerprint density at radius 1 is 1.00 bits per heavy atom. The van der Waals surface area contributed by atoms with E-state index >= 15 is 0 Å². The van der Waals surface area contributed by atoms with Crippen LogP contribution in [0.15, 0.2) is 42.5 Å². The van der Waals surface area contributed by atoms with Crippen molar-refractivity contribution in [1.29, 1.82) is 0 Å². The maximum absolute atomic E-state index is 14.2. The predicted molar refractivity (Wildman–Crippen MR) is 90.3 cm³/mol. The van der Waals surface area contributed by atoms with Crippen LogP contribution in [-0.4, -0.2) is 36.9 Å². The molecular weight excluding hydrogens is 310 g/mol. The van der Waals surface area contributed by atoms with Crippen LogP contribution >= 0.6 is 0 Å². The third-order valence-corrected chi connectivity index (χ3v) is 4.42. The second-order valence-corrected chi connectivity index (χ2v) is 6.08. The highest BCUT2D eigenvalue weighted by atomic mass is 19.1. The molecule has 3 nitrogen and oxygen atoms in total. The van der Waals surface area contributed by atoms with E-state index in [0.717, 1.165) is 13.1 Å². The monoisotopic (exact) mass is 330 g/mol. The van der Waals surface area contributed by atoms with Gasteiger partial charge in [-0.05, 0) is 31.2 Å². The van der Waals surface area contributed by atoms with Crippen LogP contribution in [0.2, 0.25) is 0 Å². The van der Waals surface area contributed by atoms with E-state index in [1.165, 1.54) is 19.1 Å². The molecule has 0 atom stereocenters. The maximum Gasteiger partial charge on any atom is 0.159 e. The van der Waals surface area contributed by atoms with Crippen LogP contribution in [-0.2, 0) is 6.54 Å². The SMILES string of the molecule is CC(=O)c1ccc(N2CCN(Cc3ccccc3F)CC2)c(F)c1. The van der Waals surface area contributed by atoms with E-state index < -0.39 is 0 Å². The summed E-state index contributed by atoms with van der Waals surface area (Å²) in [6.07, 6.45) is 0. The first kappa shape index (κ1) is 16.6. The van der Waals surface area contributed by atoms with Crippen molar-refractivity contribution in [2.45, 2.75) is 13.5 Å². The summed E-state index contributed by atoms with van der Waals surface area (Å²) in [5.41, 5.74) is 1.59. The average molecular weight is 330 g/mol. The molecule has 0 bridgehead atoms. The van der Waals surface area contributed by atoms with E-state index in [1.54, 1.807) is 24.3 Å². The molecule has 2 aromatic rings. The lowest BCUT2D eigenvalue weighted by atomic mass is 10.1. The molecule has 0 N–H and O–H groups in total. The molecule has 0 aromatic heterocycles. The molecule has 24 heavy (non-hydrogen) atoms. The summed E-state index contributed by atoms with van der Waals surface area (Å²) < 4.78 is 28.0. The number of piperazine rings is 1. The zero-order chi connectivity index (χ0) is 17.1. The van der Waals surface area contributed by atoms with Gasteiger partial charge in [0.15, 0.2) is 5.78 Å². The molecule has 1 saturated heterocycles. The highest BCUT2D eigenvalue weighted by Crippen LogP contribution is 2.23. The third-order valence-electron chi connectivity index (χ3n) is 4.42. The molecule has 0 aliphatic carbocycles. The van der Waals surface area contributed by atoms with Crippen LogP contribution in [0, 0.1) is 11.6 Å². The van der Waals surface area contributed by atoms with Gasteiger partial charge in [-0.1, -0.05) is 18.2 Å². The Balaban J connectivity index is 1.63. The molecule has 0 spiro atoms. The number of hydrogen-bond donors (Lipinski definition) is 0. The Morgan fingerprint density at radius 2 is 1.71 bits per heavy atom. The van der Waals surface area contributed by atoms with Crippen LogP contribution in [0.4, 0.5) is 14.5 Å². The zero-order valence-electron chi connectivity index (χ0n) is 13.6. The highest BCUT2D eigenvalue weighted by Gasteiger charge is 2.20. The fraction of sp³-hybridized carbons (Fsp3) is 0.316. The van der Waals surface area contributed by atoms with Gasteiger partial charge in [-0.15, -0.1) is 0 Å². The van der Waals surface area contributed by atoms with E-state index in [0.29, 0.717) is 36.4 Å². The molecule has 0 unspecified atom stereocenters. The van der Waals surface area contributed by atoms with Crippen molar-refractivity contribution in [1.82, 2.24) is 4.90 Å². The predicted octanol–water partition coefficient (Wildman–Crippen LogP) is 3.49. The number of anilines is 1. The van der Waals surface area contributed by atoms with Gasteiger partial charge in [0.2, 0.25) is 0 Å². The molecule has 0 saturated carbocycles. The van der Waals surface area contributed by atoms with Crippen molar-refractivity contribution in [3.05, 3.63) is 65.2 Å². The van der Waals surface area contributed by atoms with Gasteiger partial charge in [-0.2, -0.15) is 0 Å². The summed E-state index contributed by atoms with van der Waals surface area (Å²) in [6, 6.07) is 11.4. The smallest absolute Gasteiger partial charge is 0.159 e. The molecular formula is C19H20F2N2O. The first-order chi connectivity index (χ1) is 11.5. The Bertz CT molecular complexity index is 740. The van der Waals surface area contributed by atoms with Gasteiger partial charge in [0.25, 0.3) is 0 Å². The molecule has 1 heterocycles. The summed E-state index contributed by atoms with van der Waals surface area (Å²) in [7, 11) is 0. The van der Waals surface area contributed by atoms with Crippen molar-refractivity contribution in [2.24, 2.45) is 0 Å². The topological polar surface area (TPSA) is 23.6 Å². The normalized spacial score (nSPS) is 15.5. The van der Waals surface area contributed by atoms with Gasteiger partial charge < -0.3 is 4.90 Å². The number of rotatable bonds is 4. The van der Waals surface area contributed by atoms with Crippen molar-refractivity contribution >= 4 is 11.5 Å². The Morgan fingerprint density at radius 3 is 2.33 bits per heavy atom. The summed E-state index contributed by atoms with van der Waals surface area (Å²) >= 11 is 0. The summed E-state index contributed by atoms with van der Waals surface area (Å²) in [4.78, 5) is 15.4. The van der Waals surface area contributed by atoms with E-state index in [2.05, 4.69) is 4.90 Å². The standard InChI is InChI=1S/C19H20F2N2O/c1-14(24)15-6-7-19(18(21)12-15)23-10-8-22(9-11-23)13-16-4-2-3-5-17(16)20/h2-7,12H,8-11,13H2,1H3. The Hall–Kier alpha value is -2.27. The number of carbonyl (C=O) groups is 1. The first-order valence-corrected chi connectivity index (χ1v) is 8.06. The second-order valence-electron chi connectivity index (χ2n) is 6.08. The Labute approximate surface area is 140 Å². The van der Waals surface area contributed by atoms with Gasteiger partial charge in [-0.25, -0.2) is 8.78 Å². The summed E-state index contributed by atoms with van der Waals surface area (Å²) in [5, 5.41) is 0. The summed E-state index contributed by atoms with van der Waals surface area (Å²) in [6.45, 7) is 4.81. The number of Topliss-reactive ketones (excluding diaryl/α,β-unsaturated/α-hetero) is 1. The highest BCUT2D eigenvalue weighted by molar-refractivity contribution is 5.94. The van der Waals surface area contributed by atoms with E-state index in [9.17, 15) is 13.6 Å². The number of benzene rings is 2. The zero-order valence-corrected chi connectivity index (χ0v) is 13.6. The quantitative estimate of drug-likeness (QED) is 0.802. The van der Waals surface area contributed by atoms with E-state index in [-0.39, 0.29) is 17.4 Å². The van der Waals surface area contributed by atoms with Gasteiger partial charge in [0.05, 0.1) is 5.69 Å². The number of nitrogens with zero attached hydrogens (tertiary/aromatic N) is 2. The second kappa shape index (κ2) is 7.09. The molecule has 126 valence electrons. The fourth-order valence-corrected chi connectivity index (χ4v) is 3.00. The molecule has 3 rings (SSSR count). The molecule has 1 aliphatic rings. The lowest BCUT2D eigenvalue weighted by Gasteiger charge is -2.36. The van der Waals surface area contributed by atoms with Crippen LogP contribution in [0.3, 0.4) is 0 Å². The minimum atomic E-state index is -0.370. The average Bonchev–Trinajstić information content (AvgIpc) is 2.58. The van der Waals surface area contributed by atoms with E-state index in [1.807, 2.05) is 11.0 Å². The largest absolute Gasteiger partial charge is 0.367 e. The first-order valence-electron chi connectivity index (χ1n) is 8.06. The van der Waals surface area contributed by atoms with Gasteiger partial charge in [-0.3, -0.25) is 9.69 Å². The van der Waals surface area contributed by atoms with Gasteiger partial charge in [0, 0.05) is 43.9 Å². The molecule has 1 fully saturated rings. The van der Waals surface area contributed by atoms with Gasteiger partial charge in [0.1, 0.15) is 11.6 Å². The van der Waals surface area contributed by atoms with Crippen LogP contribution in [0.25, 0.3) is 0 Å². The third kappa shape index (κ3) is 3.62. The molecule has 0 amide bonds. The molecule has 5 heteroatoms. The maximum atomic E-state index is 14.2. The van der Waals surface area contributed by atoms with Crippen LogP contribution < -0.4 is 4.90 Å². The Kier molecular flexibility index (Phi) is 4.90. The summed E-state index contributed by atoms with van der Waals surface area (Å²) in [5.74, 6) is -0.703. The number of carbonyl (C=O) groups excluding carboxylic acids is 1.